The first-order valence-electron chi connectivity index (χ1n) is 5.78. The Balaban J connectivity index is 2.32. The van der Waals surface area contributed by atoms with E-state index in [4.69, 9.17) is 0 Å². The molecule has 4 heteroatoms. The van der Waals surface area contributed by atoms with Crippen molar-refractivity contribution in [2.75, 3.05) is 7.05 Å². The summed E-state index contributed by atoms with van der Waals surface area (Å²) in [5.41, 5.74) is 1.71. The molecule has 0 saturated heterocycles. The van der Waals surface area contributed by atoms with E-state index in [1.807, 2.05) is 17.8 Å². The topological polar surface area (TPSA) is 17.0 Å². The molecule has 2 atom stereocenters. The summed E-state index contributed by atoms with van der Waals surface area (Å²) in [6, 6.07) is 3.48. The maximum Gasteiger partial charge on any atom is 0.168 e. The fourth-order valence-corrected chi connectivity index (χ4v) is 2.82. The molecule has 2 unspecified atom stereocenters. The lowest BCUT2D eigenvalue weighted by atomic mass is 9.94. The van der Waals surface area contributed by atoms with E-state index in [2.05, 4.69) is 12.2 Å². The molecule has 90 valence electrons. The summed E-state index contributed by atoms with van der Waals surface area (Å²) in [6.07, 6.45) is 2.57. The third-order valence-electron chi connectivity index (χ3n) is 3.80. The van der Waals surface area contributed by atoms with Crippen molar-refractivity contribution in [3.63, 3.8) is 0 Å². The highest BCUT2D eigenvalue weighted by molar-refractivity contribution is 5.85. The molecule has 0 spiro atoms. The molecule has 1 aromatic carbocycles. The molecular weight excluding hydrogens is 222 g/mol. The number of hydrogen-bond acceptors (Lipinski definition) is 1. The SMILES string of the molecule is CNC1Cc2cc(F)c(F)c3ccn(c23)C1C. The molecule has 0 saturated carbocycles. The summed E-state index contributed by atoms with van der Waals surface area (Å²) in [7, 11) is 1.90. The zero-order valence-corrected chi connectivity index (χ0v) is 9.80. The van der Waals surface area contributed by atoms with Crippen LogP contribution in [0.25, 0.3) is 10.9 Å². The standard InChI is InChI=1S/C13H14F2N2/c1-7-11(16-2)6-8-5-10(14)12(15)9-3-4-17(7)13(8)9/h3-5,7,11,16H,6H2,1-2H3. The minimum Gasteiger partial charge on any atom is -0.343 e. The van der Waals surface area contributed by atoms with Gasteiger partial charge in [-0.05, 0) is 38.1 Å². The predicted molar refractivity (Wildman–Crippen MR) is 63.1 cm³/mol. The van der Waals surface area contributed by atoms with E-state index in [9.17, 15) is 8.78 Å². The smallest absolute Gasteiger partial charge is 0.168 e. The highest BCUT2D eigenvalue weighted by atomic mass is 19.2. The maximum absolute atomic E-state index is 13.7. The first-order chi connectivity index (χ1) is 8.13. The van der Waals surface area contributed by atoms with Gasteiger partial charge in [0.2, 0.25) is 0 Å². The van der Waals surface area contributed by atoms with Crippen molar-refractivity contribution in [3.8, 4) is 0 Å². The quantitative estimate of drug-likeness (QED) is 0.805. The number of nitrogens with zero attached hydrogens (tertiary/aromatic N) is 1. The largest absolute Gasteiger partial charge is 0.343 e. The Hall–Kier alpha value is -1.42. The fraction of sp³-hybridized carbons (Fsp3) is 0.385. The molecule has 0 aliphatic carbocycles. The van der Waals surface area contributed by atoms with Crippen molar-refractivity contribution in [2.24, 2.45) is 0 Å². The molecule has 1 aromatic heterocycles. The van der Waals surface area contributed by atoms with Crippen LogP contribution in [0.15, 0.2) is 18.3 Å². The van der Waals surface area contributed by atoms with Crippen molar-refractivity contribution >= 4 is 10.9 Å². The number of halogens is 2. The van der Waals surface area contributed by atoms with Crippen molar-refractivity contribution in [3.05, 3.63) is 35.5 Å². The van der Waals surface area contributed by atoms with Gasteiger partial charge in [-0.1, -0.05) is 0 Å². The Labute approximate surface area is 98.2 Å². The molecule has 2 heterocycles. The minimum atomic E-state index is -0.755. The van der Waals surface area contributed by atoms with Crippen LogP contribution in [0.4, 0.5) is 8.78 Å². The van der Waals surface area contributed by atoms with Crippen LogP contribution in [0.1, 0.15) is 18.5 Å². The summed E-state index contributed by atoms with van der Waals surface area (Å²) >= 11 is 0. The number of nitrogens with one attached hydrogen (secondary N) is 1. The van der Waals surface area contributed by atoms with Gasteiger partial charge in [-0.2, -0.15) is 0 Å². The Kier molecular flexibility index (Phi) is 2.23. The molecule has 1 N–H and O–H groups in total. The normalized spacial score (nSPS) is 23.3. The van der Waals surface area contributed by atoms with E-state index >= 15 is 0 Å². The van der Waals surface area contributed by atoms with Crippen LogP contribution in [-0.2, 0) is 6.42 Å². The lowest BCUT2D eigenvalue weighted by Gasteiger charge is -2.31. The summed E-state index contributed by atoms with van der Waals surface area (Å²) in [5.74, 6) is -1.49. The van der Waals surface area contributed by atoms with Crippen LogP contribution in [0.2, 0.25) is 0 Å². The van der Waals surface area contributed by atoms with Gasteiger partial charge in [0.15, 0.2) is 11.6 Å². The summed E-state index contributed by atoms with van der Waals surface area (Å²) in [5, 5.41) is 3.61. The molecule has 0 bridgehead atoms. The molecule has 1 aliphatic heterocycles. The van der Waals surface area contributed by atoms with Gasteiger partial charge in [0, 0.05) is 23.7 Å². The number of benzene rings is 1. The fourth-order valence-electron chi connectivity index (χ4n) is 2.82. The van der Waals surface area contributed by atoms with Gasteiger partial charge in [0.1, 0.15) is 0 Å². The van der Waals surface area contributed by atoms with Gasteiger partial charge in [-0.3, -0.25) is 0 Å². The Bertz CT molecular complexity index is 589. The molecule has 0 amide bonds. The van der Waals surface area contributed by atoms with E-state index in [0.717, 1.165) is 17.5 Å². The van der Waals surface area contributed by atoms with Crippen LogP contribution in [-0.4, -0.2) is 17.7 Å². The van der Waals surface area contributed by atoms with Gasteiger partial charge >= 0.3 is 0 Å². The van der Waals surface area contributed by atoms with E-state index in [-0.39, 0.29) is 12.1 Å². The van der Waals surface area contributed by atoms with Gasteiger partial charge in [0.25, 0.3) is 0 Å². The van der Waals surface area contributed by atoms with Crippen LogP contribution >= 0.6 is 0 Å². The van der Waals surface area contributed by atoms with Crippen LogP contribution < -0.4 is 5.32 Å². The monoisotopic (exact) mass is 236 g/mol. The molecule has 0 radical (unpaired) electrons. The minimum absolute atomic E-state index is 0.245. The average Bonchev–Trinajstić information content (AvgIpc) is 2.76. The number of rotatable bonds is 1. The average molecular weight is 236 g/mol. The third-order valence-corrected chi connectivity index (χ3v) is 3.80. The first-order valence-corrected chi connectivity index (χ1v) is 5.78. The van der Waals surface area contributed by atoms with Crippen molar-refractivity contribution in [1.29, 1.82) is 0 Å². The lowest BCUT2D eigenvalue weighted by molar-refractivity contribution is 0.381. The zero-order chi connectivity index (χ0) is 12.2. The van der Waals surface area contributed by atoms with Crippen LogP contribution in [0.3, 0.4) is 0 Å². The predicted octanol–water partition coefficient (Wildman–Crippen LogP) is 2.62. The van der Waals surface area contributed by atoms with Gasteiger partial charge in [0.05, 0.1) is 5.52 Å². The molecule has 2 aromatic rings. The highest BCUT2D eigenvalue weighted by Gasteiger charge is 2.28. The van der Waals surface area contributed by atoms with Crippen molar-refractivity contribution in [2.45, 2.75) is 25.4 Å². The number of likely N-dealkylation sites (N-methyl/N-ethyl adjacent to an activating group) is 1. The van der Waals surface area contributed by atoms with E-state index in [1.165, 1.54) is 6.07 Å². The number of hydrogen-bond donors (Lipinski definition) is 1. The summed E-state index contributed by atoms with van der Waals surface area (Å²) in [4.78, 5) is 0. The molecule has 1 aliphatic rings. The molecule has 0 fully saturated rings. The molecule has 17 heavy (non-hydrogen) atoms. The summed E-state index contributed by atoms with van der Waals surface area (Å²) < 4.78 is 29.1. The van der Waals surface area contributed by atoms with Crippen molar-refractivity contribution < 1.29 is 8.78 Å². The Morgan fingerprint density at radius 3 is 2.88 bits per heavy atom. The van der Waals surface area contributed by atoms with Gasteiger partial charge in [-0.25, -0.2) is 8.78 Å². The summed E-state index contributed by atoms with van der Waals surface area (Å²) in [6.45, 7) is 2.09. The van der Waals surface area contributed by atoms with Crippen LogP contribution in [0, 0.1) is 11.6 Å². The molecule has 3 rings (SSSR count). The zero-order valence-electron chi connectivity index (χ0n) is 9.80. The van der Waals surface area contributed by atoms with Crippen LogP contribution in [0.5, 0.6) is 0 Å². The maximum atomic E-state index is 13.7. The van der Waals surface area contributed by atoms with Gasteiger partial charge < -0.3 is 9.88 Å². The lowest BCUT2D eigenvalue weighted by Crippen LogP contribution is -2.38. The third kappa shape index (κ3) is 1.33. The van der Waals surface area contributed by atoms with Gasteiger partial charge in [-0.15, -0.1) is 0 Å². The first kappa shape index (κ1) is 10.7. The Morgan fingerprint density at radius 1 is 1.41 bits per heavy atom. The van der Waals surface area contributed by atoms with E-state index in [1.54, 1.807) is 6.07 Å². The number of aromatic nitrogens is 1. The molecular formula is C13H14F2N2. The van der Waals surface area contributed by atoms with E-state index in [0.29, 0.717) is 5.39 Å². The second-order valence-electron chi connectivity index (χ2n) is 4.66. The van der Waals surface area contributed by atoms with E-state index < -0.39 is 11.6 Å². The second kappa shape index (κ2) is 3.53. The molecule has 2 nitrogen and oxygen atoms in total. The Morgan fingerprint density at radius 2 is 2.18 bits per heavy atom. The van der Waals surface area contributed by atoms with Crippen molar-refractivity contribution in [1.82, 2.24) is 9.88 Å². The second-order valence-corrected chi connectivity index (χ2v) is 4.66. The highest BCUT2D eigenvalue weighted by Crippen LogP contribution is 2.34.